The van der Waals surface area contributed by atoms with E-state index in [9.17, 15) is 9.59 Å². The minimum absolute atomic E-state index is 0.129. The number of hydrogen-bond acceptors (Lipinski definition) is 4. The number of benzene rings is 1. The van der Waals surface area contributed by atoms with Crippen molar-refractivity contribution in [3.05, 3.63) is 52.3 Å². The summed E-state index contributed by atoms with van der Waals surface area (Å²) in [6.45, 7) is 0. The number of methoxy groups -OCH3 is 1. The average molecular weight is 351 g/mol. The van der Waals surface area contributed by atoms with Crippen molar-refractivity contribution in [2.45, 2.75) is 0 Å². The Balaban J connectivity index is 2.33. The number of pyridine rings is 1. The van der Waals surface area contributed by atoms with Gasteiger partial charge in [0, 0.05) is 10.7 Å². The van der Waals surface area contributed by atoms with Crippen molar-refractivity contribution >= 4 is 33.5 Å². The summed E-state index contributed by atoms with van der Waals surface area (Å²) in [6.07, 6.45) is 1.35. The number of carbonyl (C=O) groups is 2. The molecule has 0 atom stereocenters. The minimum atomic E-state index is -1.21. The first-order valence-electron chi connectivity index (χ1n) is 5.86. The zero-order chi connectivity index (χ0) is 15.4. The van der Waals surface area contributed by atoms with E-state index >= 15 is 0 Å². The topological polar surface area (TPSA) is 88.5 Å². The summed E-state index contributed by atoms with van der Waals surface area (Å²) in [5.41, 5.74) is 0.240. The largest absolute Gasteiger partial charge is 0.497 e. The van der Waals surface area contributed by atoms with Gasteiger partial charge in [0.1, 0.15) is 5.75 Å². The number of carboxylic acids is 1. The van der Waals surface area contributed by atoms with Crippen LogP contribution in [0.2, 0.25) is 0 Å². The van der Waals surface area contributed by atoms with E-state index in [-0.39, 0.29) is 11.4 Å². The van der Waals surface area contributed by atoms with Crippen LogP contribution in [0.3, 0.4) is 0 Å². The molecular formula is C14H11BrN2O4. The van der Waals surface area contributed by atoms with Gasteiger partial charge in [0.25, 0.3) is 5.91 Å². The molecule has 1 aromatic carbocycles. The van der Waals surface area contributed by atoms with Crippen molar-refractivity contribution in [1.29, 1.82) is 0 Å². The molecule has 0 aliphatic heterocycles. The van der Waals surface area contributed by atoms with Crippen LogP contribution >= 0.6 is 15.9 Å². The van der Waals surface area contributed by atoms with Crippen LogP contribution in [0.15, 0.2) is 41.0 Å². The predicted octanol–water partition coefficient (Wildman–Crippen LogP) is 2.80. The Morgan fingerprint density at radius 2 is 2.10 bits per heavy atom. The number of carboxylic acid groups (broad SMARTS) is 1. The van der Waals surface area contributed by atoms with Crippen molar-refractivity contribution in [3.8, 4) is 5.75 Å². The Kier molecular flexibility index (Phi) is 4.54. The lowest BCUT2D eigenvalue weighted by molar-refractivity contribution is 0.0691. The molecule has 0 bridgehead atoms. The number of carbonyl (C=O) groups excluding carboxylic acids is 1. The number of aromatic carboxylic acids is 1. The quantitative estimate of drug-likeness (QED) is 0.884. The molecule has 6 nitrogen and oxygen atoms in total. The van der Waals surface area contributed by atoms with Crippen LogP contribution in [0.5, 0.6) is 5.75 Å². The van der Waals surface area contributed by atoms with Crippen molar-refractivity contribution in [1.82, 2.24) is 4.98 Å². The summed E-state index contributed by atoms with van der Waals surface area (Å²) in [5, 5.41) is 11.6. The second-order valence-electron chi connectivity index (χ2n) is 4.00. The molecule has 21 heavy (non-hydrogen) atoms. The van der Waals surface area contributed by atoms with Gasteiger partial charge in [-0.25, -0.2) is 9.78 Å². The molecule has 0 unspecified atom stereocenters. The maximum atomic E-state index is 12.3. The smallest absolute Gasteiger partial charge is 0.356 e. The van der Waals surface area contributed by atoms with Crippen molar-refractivity contribution in [2.75, 3.05) is 12.4 Å². The van der Waals surface area contributed by atoms with E-state index in [0.29, 0.717) is 15.8 Å². The highest BCUT2D eigenvalue weighted by Crippen LogP contribution is 2.24. The van der Waals surface area contributed by atoms with Gasteiger partial charge in [-0.1, -0.05) is 0 Å². The van der Waals surface area contributed by atoms with Crippen molar-refractivity contribution in [3.63, 3.8) is 0 Å². The SMILES string of the molecule is COc1ccc(Br)c(C(=O)Nc2cccnc2C(=O)O)c1. The molecule has 0 spiro atoms. The van der Waals surface area contributed by atoms with E-state index < -0.39 is 11.9 Å². The van der Waals surface area contributed by atoms with Crippen molar-refractivity contribution in [2.24, 2.45) is 0 Å². The molecule has 0 saturated carbocycles. The number of ether oxygens (including phenoxy) is 1. The number of halogens is 1. The van der Waals surface area contributed by atoms with E-state index in [0.717, 1.165) is 0 Å². The molecule has 1 aromatic heterocycles. The Morgan fingerprint density at radius 3 is 2.76 bits per heavy atom. The Labute approximate surface area is 128 Å². The lowest BCUT2D eigenvalue weighted by Gasteiger charge is -2.10. The Morgan fingerprint density at radius 1 is 1.33 bits per heavy atom. The average Bonchev–Trinajstić information content (AvgIpc) is 2.48. The highest BCUT2D eigenvalue weighted by Gasteiger charge is 2.16. The molecule has 0 saturated heterocycles. The summed E-state index contributed by atoms with van der Waals surface area (Å²) in [5.74, 6) is -1.15. The first-order chi connectivity index (χ1) is 10.0. The van der Waals surface area contributed by atoms with E-state index in [4.69, 9.17) is 9.84 Å². The Bertz CT molecular complexity index is 703. The second kappa shape index (κ2) is 6.36. The predicted molar refractivity (Wildman–Crippen MR) is 79.8 cm³/mol. The number of anilines is 1. The zero-order valence-electron chi connectivity index (χ0n) is 11.0. The van der Waals surface area contributed by atoms with E-state index in [1.807, 2.05) is 0 Å². The molecule has 2 N–H and O–H groups in total. The molecule has 108 valence electrons. The van der Waals surface area contributed by atoms with Gasteiger partial charge in [0.2, 0.25) is 0 Å². The van der Waals surface area contributed by atoms with Gasteiger partial charge < -0.3 is 15.2 Å². The van der Waals surface area contributed by atoms with Crippen LogP contribution in [0, 0.1) is 0 Å². The molecule has 0 aliphatic carbocycles. The fourth-order valence-electron chi connectivity index (χ4n) is 1.67. The highest BCUT2D eigenvalue weighted by atomic mass is 79.9. The summed E-state index contributed by atoms with van der Waals surface area (Å²) in [7, 11) is 1.49. The molecular weight excluding hydrogens is 340 g/mol. The number of aromatic nitrogens is 1. The molecule has 0 radical (unpaired) electrons. The maximum absolute atomic E-state index is 12.3. The third kappa shape index (κ3) is 3.38. The number of nitrogens with zero attached hydrogens (tertiary/aromatic N) is 1. The standard InChI is InChI=1S/C14H11BrN2O4/c1-21-8-4-5-10(15)9(7-8)13(18)17-11-3-2-6-16-12(11)14(19)20/h2-7H,1H3,(H,17,18)(H,19,20). The van der Waals surface area contributed by atoms with Crippen LogP contribution in [0.1, 0.15) is 20.8 Å². The van der Waals surface area contributed by atoms with Gasteiger partial charge in [-0.2, -0.15) is 0 Å². The van der Waals surface area contributed by atoms with Gasteiger partial charge in [-0.05, 0) is 46.3 Å². The fraction of sp³-hybridized carbons (Fsp3) is 0.0714. The first kappa shape index (κ1) is 15.0. The normalized spacial score (nSPS) is 10.0. The van der Waals surface area contributed by atoms with Gasteiger partial charge in [0.05, 0.1) is 18.4 Å². The number of amides is 1. The highest BCUT2D eigenvalue weighted by molar-refractivity contribution is 9.10. The molecule has 0 fully saturated rings. The van der Waals surface area contributed by atoms with Crippen LogP contribution in [0.4, 0.5) is 5.69 Å². The molecule has 1 heterocycles. The first-order valence-corrected chi connectivity index (χ1v) is 6.65. The van der Waals surface area contributed by atoms with E-state index in [2.05, 4.69) is 26.2 Å². The lowest BCUT2D eigenvalue weighted by atomic mass is 10.2. The lowest BCUT2D eigenvalue weighted by Crippen LogP contribution is -2.16. The second-order valence-corrected chi connectivity index (χ2v) is 4.86. The number of hydrogen-bond donors (Lipinski definition) is 2. The Hall–Kier alpha value is -2.41. The molecule has 1 amide bonds. The van der Waals surface area contributed by atoms with E-state index in [1.165, 1.54) is 19.4 Å². The third-order valence-electron chi connectivity index (χ3n) is 2.68. The summed E-state index contributed by atoms with van der Waals surface area (Å²) in [4.78, 5) is 27.1. The maximum Gasteiger partial charge on any atom is 0.356 e. The van der Waals surface area contributed by atoms with Gasteiger partial charge in [0.15, 0.2) is 5.69 Å². The molecule has 0 aliphatic rings. The van der Waals surface area contributed by atoms with Crippen LogP contribution < -0.4 is 10.1 Å². The van der Waals surface area contributed by atoms with Gasteiger partial charge in [-0.15, -0.1) is 0 Å². The fourth-order valence-corrected chi connectivity index (χ4v) is 2.10. The molecule has 7 heteroatoms. The number of nitrogens with one attached hydrogen (secondary N) is 1. The van der Waals surface area contributed by atoms with Gasteiger partial charge >= 0.3 is 5.97 Å². The van der Waals surface area contributed by atoms with Crippen LogP contribution in [-0.2, 0) is 0 Å². The molecule has 2 aromatic rings. The van der Waals surface area contributed by atoms with E-state index in [1.54, 1.807) is 24.3 Å². The summed E-state index contributed by atoms with van der Waals surface area (Å²) < 4.78 is 5.64. The number of rotatable bonds is 4. The zero-order valence-corrected chi connectivity index (χ0v) is 12.5. The van der Waals surface area contributed by atoms with Crippen LogP contribution in [-0.4, -0.2) is 29.1 Å². The van der Waals surface area contributed by atoms with Crippen molar-refractivity contribution < 1.29 is 19.4 Å². The van der Waals surface area contributed by atoms with Crippen LogP contribution in [0.25, 0.3) is 0 Å². The third-order valence-corrected chi connectivity index (χ3v) is 3.37. The summed E-state index contributed by atoms with van der Waals surface area (Å²) >= 11 is 3.27. The minimum Gasteiger partial charge on any atom is -0.497 e. The van der Waals surface area contributed by atoms with Gasteiger partial charge in [-0.3, -0.25) is 4.79 Å². The monoisotopic (exact) mass is 350 g/mol. The summed E-state index contributed by atoms with van der Waals surface area (Å²) in [6, 6.07) is 7.95. The molecule has 2 rings (SSSR count).